The van der Waals surface area contributed by atoms with Gasteiger partial charge in [-0.3, -0.25) is 0 Å². The highest BCUT2D eigenvalue weighted by atomic mass is 32.1. The third-order valence-electron chi connectivity index (χ3n) is 1.83. The van der Waals surface area contributed by atoms with E-state index in [1.165, 1.54) is 4.88 Å². The third kappa shape index (κ3) is 2.67. The fourth-order valence-corrected chi connectivity index (χ4v) is 2.10. The SMILES string of the molecule is Cc1nc(N(C)C)sc1CCCO. The fourth-order valence-electron chi connectivity index (χ4n) is 1.08. The van der Waals surface area contributed by atoms with Gasteiger partial charge in [-0.05, 0) is 19.8 Å². The maximum Gasteiger partial charge on any atom is 0.185 e. The van der Waals surface area contributed by atoms with E-state index >= 15 is 0 Å². The summed E-state index contributed by atoms with van der Waals surface area (Å²) < 4.78 is 0. The third-order valence-corrected chi connectivity index (χ3v) is 3.21. The molecule has 0 aliphatic heterocycles. The first-order valence-electron chi connectivity index (χ1n) is 4.39. The number of aliphatic hydroxyl groups excluding tert-OH is 1. The Balaban J connectivity index is 2.71. The number of hydrogen-bond donors (Lipinski definition) is 1. The van der Waals surface area contributed by atoms with Crippen LogP contribution in [0.3, 0.4) is 0 Å². The Morgan fingerprint density at radius 1 is 1.46 bits per heavy atom. The van der Waals surface area contributed by atoms with Gasteiger partial charge in [-0.1, -0.05) is 0 Å². The normalized spacial score (nSPS) is 10.5. The number of aliphatic hydroxyl groups is 1. The highest BCUT2D eigenvalue weighted by molar-refractivity contribution is 7.15. The van der Waals surface area contributed by atoms with Crippen LogP contribution in [0.25, 0.3) is 0 Å². The molecule has 3 nitrogen and oxygen atoms in total. The van der Waals surface area contributed by atoms with Crippen molar-refractivity contribution in [3.63, 3.8) is 0 Å². The van der Waals surface area contributed by atoms with Crippen molar-refractivity contribution in [3.05, 3.63) is 10.6 Å². The quantitative estimate of drug-likeness (QED) is 0.799. The summed E-state index contributed by atoms with van der Waals surface area (Å²) in [5, 5.41) is 9.75. The molecule has 74 valence electrons. The molecule has 13 heavy (non-hydrogen) atoms. The van der Waals surface area contributed by atoms with Crippen LogP contribution >= 0.6 is 11.3 Å². The molecule has 1 rings (SSSR count). The van der Waals surface area contributed by atoms with Gasteiger partial charge in [0.2, 0.25) is 0 Å². The Morgan fingerprint density at radius 2 is 2.15 bits per heavy atom. The van der Waals surface area contributed by atoms with E-state index in [0.29, 0.717) is 0 Å². The van der Waals surface area contributed by atoms with E-state index < -0.39 is 0 Å². The van der Waals surface area contributed by atoms with E-state index in [-0.39, 0.29) is 6.61 Å². The average Bonchev–Trinajstić information content (AvgIpc) is 2.44. The van der Waals surface area contributed by atoms with Gasteiger partial charge in [-0.2, -0.15) is 0 Å². The number of hydrogen-bond acceptors (Lipinski definition) is 4. The maximum atomic E-state index is 8.71. The standard InChI is InChI=1S/C9H16N2OS/c1-7-8(5-4-6-12)13-9(10-7)11(2)3/h12H,4-6H2,1-3H3. The van der Waals surface area contributed by atoms with E-state index in [2.05, 4.69) is 4.98 Å². The summed E-state index contributed by atoms with van der Waals surface area (Å²) in [6.45, 7) is 2.28. The number of aromatic nitrogens is 1. The number of anilines is 1. The van der Waals surface area contributed by atoms with Crippen LogP contribution in [0.5, 0.6) is 0 Å². The van der Waals surface area contributed by atoms with E-state index in [1.54, 1.807) is 11.3 Å². The predicted octanol–water partition coefficient (Wildman–Crippen LogP) is 1.44. The zero-order valence-corrected chi connectivity index (χ0v) is 9.19. The molecular weight excluding hydrogens is 184 g/mol. The van der Waals surface area contributed by atoms with E-state index in [4.69, 9.17) is 5.11 Å². The topological polar surface area (TPSA) is 36.4 Å². The minimum atomic E-state index is 0.259. The average molecular weight is 200 g/mol. The lowest BCUT2D eigenvalue weighted by Crippen LogP contribution is -2.07. The van der Waals surface area contributed by atoms with Crippen LogP contribution in [0.2, 0.25) is 0 Å². The van der Waals surface area contributed by atoms with Gasteiger partial charge in [-0.15, -0.1) is 11.3 Å². The zero-order valence-electron chi connectivity index (χ0n) is 8.37. The molecule has 0 unspecified atom stereocenters. The maximum absolute atomic E-state index is 8.71. The molecule has 0 aliphatic rings. The van der Waals surface area contributed by atoms with Crippen molar-refractivity contribution >= 4 is 16.5 Å². The predicted molar refractivity (Wildman–Crippen MR) is 56.6 cm³/mol. The van der Waals surface area contributed by atoms with Crippen LogP contribution in [0.4, 0.5) is 5.13 Å². The first kappa shape index (κ1) is 10.5. The van der Waals surface area contributed by atoms with Gasteiger partial charge >= 0.3 is 0 Å². The van der Waals surface area contributed by atoms with Crippen LogP contribution in [-0.2, 0) is 6.42 Å². The van der Waals surface area contributed by atoms with Crippen molar-refractivity contribution in [2.45, 2.75) is 19.8 Å². The van der Waals surface area contributed by atoms with Crippen molar-refractivity contribution in [1.29, 1.82) is 0 Å². The van der Waals surface area contributed by atoms with Crippen molar-refractivity contribution in [2.75, 3.05) is 25.6 Å². The Kier molecular flexibility index (Phi) is 3.69. The molecule has 0 amide bonds. The summed E-state index contributed by atoms with van der Waals surface area (Å²) in [4.78, 5) is 7.73. The molecule has 0 fully saturated rings. The van der Waals surface area contributed by atoms with Gasteiger partial charge in [0.1, 0.15) is 0 Å². The fraction of sp³-hybridized carbons (Fsp3) is 0.667. The van der Waals surface area contributed by atoms with E-state index in [9.17, 15) is 0 Å². The van der Waals surface area contributed by atoms with Crippen LogP contribution in [0.1, 0.15) is 17.0 Å². The molecular formula is C9H16N2OS. The van der Waals surface area contributed by atoms with Crippen molar-refractivity contribution < 1.29 is 5.11 Å². The van der Waals surface area contributed by atoms with Crippen LogP contribution in [0.15, 0.2) is 0 Å². The van der Waals surface area contributed by atoms with E-state index in [0.717, 1.165) is 23.7 Å². The van der Waals surface area contributed by atoms with Gasteiger partial charge in [0.15, 0.2) is 5.13 Å². The van der Waals surface area contributed by atoms with Gasteiger partial charge in [-0.25, -0.2) is 4.98 Å². The lowest BCUT2D eigenvalue weighted by Gasteiger charge is -2.05. The summed E-state index contributed by atoms with van der Waals surface area (Å²) in [5.41, 5.74) is 1.10. The minimum Gasteiger partial charge on any atom is -0.396 e. The van der Waals surface area contributed by atoms with E-state index in [1.807, 2.05) is 25.9 Å². The number of aryl methyl sites for hydroxylation is 2. The Hall–Kier alpha value is -0.610. The van der Waals surface area contributed by atoms with Gasteiger partial charge in [0, 0.05) is 25.6 Å². The molecule has 0 saturated heterocycles. The monoisotopic (exact) mass is 200 g/mol. The smallest absolute Gasteiger partial charge is 0.185 e. The Bertz CT molecular complexity index is 271. The summed E-state index contributed by atoms with van der Waals surface area (Å²) in [7, 11) is 3.99. The first-order chi connectivity index (χ1) is 6.15. The molecule has 1 aromatic rings. The Morgan fingerprint density at radius 3 is 2.62 bits per heavy atom. The van der Waals surface area contributed by atoms with Crippen LogP contribution in [-0.4, -0.2) is 30.8 Å². The Labute approximate surface area is 83.0 Å². The highest BCUT2D eigenvalue weighted by Crippen LogP contribution is 2.25. The second-order valence-corrected chi connectivity index (χ2v) is 4.29. The molecule has 1 N–H and O–H groups in total. The highest BCUT2D eigenvalue weighted by Gasteiger charge is 2.07. The zero-order chi connectivity index (χ0) is 9.84. The molecule has 0 radical (unpaired) electrons. The lowest BCUT2D eigenvalue weighted by molar-refractivity contribution is 0.289. The lowest BCUT2D eigenvalue weighted by atomic mass is 10.2. The van der Waals surface area contributed by atoms with Gasteiger partial charge in [0.25, 0.3) is 0 Å². The van der Waals surface area contributed by atoms with Crippen molar-refractivity contribution in [2.24, 2.45) is 0 Å². The first-order valence-corrected chi connectivity index (χ1v) is 5.21. The molecule has 1 aromatic heterocycles. The second-order valence-electron chi connectivity index (χ2n) is 3.23. The molecule has 0 aromatic carbocycles. The summed E-state index contributed by atoms with van der Waals surface area (Å²) in [5.74, 6) is 0. The molecule has 0 atom stereocenters. The second kappa shape index (κ2) is 4.58. The van der Waals surface area contributed by atoms with Gasteiger partial charge < -0.3 is 10.0 Å². The number of rotatable bonds is 4. The minimum absolute atomic E-state index is 0.259. The number of nitrogens with zero attached hydrogens (tertiary/aromatic N) is 2. The van der Waals surface area contributed by atoms with Gasteiger partial charge in [0.05, 0.1) is 5.69 Å². The van der Waals surface area contributed by atoms with Crippen LogP contribution in [0, 0.1) is 6.92 Å². The molecule has 0 spiro atoms. The molecule has 1 heterocycles. The molecule has 0 bridgehead atoms. The molecule has 0 saturated carbocycles. The molecule has 4 heteroatoms. The summed E-state index contributed by atoms with van der Waals surface area (Å²) in [6, 6.07) is 0. The summed E-state index contributed by atoms with van der Waals surface area (Å²) >= 11 is 1.71. The van der Waals surface area contributed by atoms with Crippen molar-refractivity contribution in [1.82, 2.24) is 4.98 Å². The number of thiazole rings is 1. The largest absolute Gasteiger partial charge is 0.396 e. The molecule has 0 aliphatic carbocycles. The summed E-state index contributed by atoms with van der Waals surface area (Å²) in [6.07, 6.45) is 1.77. The van der Waals surface area contributed by atoms with Crippen LogP contribution < -0.4 is 4.90 Å². The van der Waals surface area contributed by atoms with Crippen molar-refractivity contribution in [3.8, 4) is 0 Å².